The van der Waals surface area contributed by atoms with Crippen molar-refractivity contribution in [1.29, 1.82) is 0 Å². The molecule has 0 aromatic heterocycles. The fourth-order valence-corrected chi connectivity index (χ4v) is 2.74. The SMILES string of the molecule is CCN(CC)C(=O)N(CC(C)O)C1CCCCC1. The summed E-state index contributed by atoms with van der Waals surface area (Å²) < 4.78 is 0. The van der Waals surface area contributed by atoms with E-state index < -0.39 is 6.10 Å². The van der Waals surface area contributed by atoms with Gasteiger partial charge in [0.15, 0.2) is 0 Å². The summed E-state index contributed by atoms with van der Waals surface area (Å²) in [6.45, 7) is 7.69. The lowest BCUT2D eigenvalue weighted by atomic mass is 9.94. The molecule has 0 radical (unpaired) electrons. The Morgan fingerprint density at radius 1 is 1.22 bits per heavy atom. The van der Waals surface area contributed by atoms with E-state index in [1.54, 1.807) is 6.92 Å². The Bertz CT molecular complexity index is 246. The van der Waals surface area contributed by atoms with Crippen molar-refractivity contribution in [2.45, 2.75) is 65.0 Å². The maximum absolute atomic E-state index is 12.5. The standard InChI is InChI=1S/C14H28N2O2/c1-4-15(5-2)14(18)16(11-12(3)17)13-9-7-6-8-10-13/h12-13,17H,4-11H2,1-3H3. The van der Waals surface area contributed by atoms with E-state index in [-0.39, 0.29) is 6.03 Å². The highest BCUT2D eigenvalue weighted by molar-refractivity contribution is 5.74. The fraction of sp³-hybridized carbons (Fsp3) is 0.929. The van der Waals surface area contributed by atoms with Gasteiger partial charge >= 0.3 is 6.03 Å². The topological polar surface area (TPSA) is 43.8 Å². The molecule has 1 atom stereocenters. The van der Waals surface area contributed by atoms with Crippen LogP contribution in [0.25, 0.3) is 0 Å². The van der Waals surface area contributed by atoms with Gasteiger partial charge in [0.05, 0.1) is 6.10 Å². The Morgan fingerprint density at radius 2 is 1.78 bits per heavy atom. The van der Waals surface area contributed by atoms with Crippen molar-refractivity contribution in [3.63, 3.8) is 0 Å². The molecule has 1 aliphatic carbocycles. The Morgan fingerprint density at radius 3 is 2.22 bits per heavy atom. The molecule has 1 rings (SSSR count). The van der Waals surface area contributed by atoms with Crippen molar-refractivity contribution in [2.24, 2.45) is 0 Å². The maximum atomic E-state index is 12.5. The van der Waals surface area contributed by atoms with E-state index in [1.807, 2.05) is 23.6 Å². The number of aliphatic hydroxyl groups is 1. The van der Waals surface area contributed by atoms with E-state index in [9.17, 15) is 9.90 Å². The number of carbonyl (C=O) groups is 1. The molecule has 1 N–H and O–H groups in total. The number of nitrogens with zero attached hydrogens (tertiary/aromatic N) is 2. The van der Waals surface area contributed by atoms with E-state index in [0.717, 1.165) is 25.9 Å². The van der Waals surface area contributed by atoms with E-state index in [0.29, 0.717) is 12.6 Å². The van der Waals surface area contributed by atoms with Gasteiger partial charge in [-0.25, -0.2) is 4.79 Å². The summed E-state index contributed by atoms with van der Waals surface area (Å²) in [7, 11) is 0. The van der Waals surface area contributed by atoms with Crippen molar-refractivity contribution in [2.75, 3.05) is 19.6 Å². The lowest BCUT2D eigenvalue weighted by molar-refractivity contribution is 0.0814. The summed E-state index contributed by atoms with van der Waals surface area (Å²) in [5.41, 5.74) is 0. The number of hydrogen-bond acceptors (Lipinski definition) is 2. The van der Waals surface area contributed by atoms with Crippen molar-refractivity contribution in [3.8, 4) is 0 Å². The number of hydrogen-bond donors (Lipinski definition) is 1. The van der Waals surface area contributed by atoms with Crippen LogP contribution in [-0.4, -0.2) is 52.7 Å². The first-order valence-electron chi connectivity index (χ1n) is 7.33. The largest absolute Gasteiger partial charge is 0.392 e. The summed E-state index contributed by atoms with van der Waals surface area (Å²) >= 11 is 0. The van der Waals surface area contributed by atoms with Gasteiger partial charge in [0.1, 0.15) is 0 Å². The Hall–Kier alpha value is -0.770. The first kappa shape index (κ1) is 15.3. The average Bonchev–Trinajstić information content (AvgIpc) is 2.38. The second kappa shape index (κ2) is 7.62. The first-order valence-corrected chi connectivity index (χ1v) is 7.33. The Labute approximate surface area is 111 Å². The molecule has 0 bridgehead atoms. The molecule has 0 spiro atoms. The van der Waals surface area contributed by atoms with Crippen molar-refractivity contribution in [3.05, 3.63) is 0 Å². The molecule has 4 nitrogen and oxygen atoms in total. The third-order valence-corrected chi connectivity index (χ3v) is 3.76. The number of rotatable bonds is 5. The molecular formula is C14H28N2O2. The van der Waals surface area contributed by atoms with E-state index in [4.69, 9.17) is 0 Å². The monoisotopic (exact) mass is 256 g/mol. The summed E-state index contributed by atoms with van der Waals surface area (Å²) in [5, 5.41) is 9.62. The molecule has 0 aliphatic heterocycles. The molecule has 2 amide bonds. The third-order valence-electron chi connectivity index (χ3n) is 3.76. The number of amides is 2. The molecule has 106 valence electrons. The van der Waals surface area contributed by atoms with E-state index >= 15 is 0 Å². The van der Waals surface area contributed by atoms with Gasteiger partial charge in [0.2, 0.25) is 0 Å². The van der Waals surface area contributed by atoms with Crippen LogP contribution in [0.1, 0.15) is 52.9 Å². The van der Waals surface area contributed by atoms with Crippen molar-refractivity contribution >= 4 is 6.03 Å². The lowest BCUT2D eigenvalue weighted by Gasteiger charge is -2.38. The minimum atomic E-state index is -0.452. The number of aliphatic hydroxyl groups excluding tert-OH is 1. The molecule has 4 heteroatoms. The zero-order chi connectivity index (χ0) is 13.5. The highest BCUT2D eigenvalue weighted by Crippen LogP contribution is 2.23. The summed E-state index contributed by atoms with van der Waals surface area (Å²) in [5.74, 6) is 0. The molecule has 1 aliphatic rings. The minimum absolute atomic E-state index is 0.0906. The van der Waals surface area contributed by atoms with Gasteiger partial charge in [0, 0.05) is 25.7 Å². The Kier molecular flexibility index (Phi) is 6.47. The maximum Gasteiger partial charge on any atom is 0.320 e. The van der Waals surface area contributed by atoms with Gasteiger partial charge in [-0.3, -0.25) is 0 Å². The predicted octanol–water partition coefficient (Wildman–Crippen LogP) is 2.46. The van der Waals surface area contributed by atoms with Gasteiger partial charge in [-0.15, -0.1) is 0 Å². The van der Waals surface area contributed by atoms with Crippen LogP contribution in [0.2, 0.25) is 0 Å². The van der Waals surface area contributed by atoms with Crippen molar-refractivity contribution < 1.29 is 9.90 Å². The second-order valence-electron chi connectivity index (χ2n) is 5.25. The molecule has 0 saturated heterocycles. The van der Waals surface area contributed by atoms with Gasteiger partial charge < -0.3 is 14.9 Å². The molecular weight excluding hydrogens is 228 g/mol. The number of urea groups is 1. The summed E-state index contributed by atoms with van der Waals surface area (Å²) in [4.78, 5) is 16.2. The molecule has 1 unspecified atom stereocenters. The van der Waals surface area contributed by atoms with Crippen LogP contribution >= 0.6 is 0 Å². The average molecular weight is 256 g/mol. The van der Waals surface area contributed by atoms with Crippen LogP contribution in [0, 0.1) is 0 Å². The van der Waals surface area contributed by atoms with Crippen LogP contribution in [0.15, 0.2) is 0 Å². The van der Waals surface area contributed by atoms with Gasteiger partial charge in [0.25, 0.3) is 0 Å². The smallest absolute Gasteiger partial charge is 0.320 e. The van der Waals surface area contributed by atoms with Gasteiger partial charge in [-0.2, -0.15) is 0 Å². The van der Waals surface area contributed by atoms with Crippen LogP contribution < -0.4 is 0 Å². The molecule has 1 saturated carbocycles. The predicted molar refractivity (Wildman–Crippen MR) is 73.6 cm³/mol. The quantitative estimate of drug-likeness (QED) is 0.821. The summed E-state index contributed by atoms with van der Waals surface area (Å²) in [6, 6.07) is 0.411. The molecule has 0 heterocycles. The molecule has 18 heavy (non-hydrogen) atoms. The highest BCUT2D eigenvalue weighted by Gasteiger charge is 2.28. The van der Waals surface area contributed by atoms with E-state index in [2.05, 4.69) is 0 Å². The molecule has 0 aromatic carbocycles. The van der Waals surface area contributed by atoms with Gasteiger partial charge in [-0.1, -0.05) is 19.3 Å². The third kappa shape index (κ3) is 4.16. The summed E-state index contributed by atoms with van der Waals surface area (Å²) in [6.07, 6.45) is 5.39. The minimum Gasteiger partial charge on any atom is -0.392 e. The number of carbonyl (C=O) groups excluding carboxylic acids is 1. The van der Waals surface area contributed by atoms with Crippen molar-refractivity contribution in [1.82, 2.24) is 9.80 Å². The van der Waals surface area contributed by atoms with Crippen LogP contribution in [0.5, 0.6) is 0 Å². The zero-order valence-corrected chi connectivity index (χ0v) is 12.1. The molecule has 1 fully saturated rings. The molecule has 0 aromatic rings. The fourth-order valence-electron chi connectivity index (χ4n) is 2.74. The second-order valence-corrected chi connectivity index (χ2v) is 5.25. The normalized spacial score (nSPS) is 18.4. The highest BCUT2D eigenvalue weighted by atomic mass is 16.3. The Balaban J connectivity index is 2.72. The first-order chi connectivity index (χ1) is 8.60. The zero-order valence-electron chi connectivity index (χ0n) is 12.1. The van der Waals surface area contributed by atoms with Gasteiger partial charge in [-0.05, 0) is 33.6 Å². The van der Waals surface area contributed by atoms with Crippen LogP contribution in [0.3, 0.4) is 0 Å². The van der Waals surface area contributed by atoms with E-state index in [1.165, 1.54) is 19.3 Å². The lowest BCUT2D eigenvalue weighted by Crippen LogP contribution is -2.51. The van der Waals surface area contributed by atoms with Crippen LogP contribution in [0.4, 0.5) is 4.79 Å². The van der Waals surface area contributed by atoms with Crippen LogP contribution in [-0.2, 0) is 0 Å².